The topological polar surface area (TPSA) is 74.2 Å². The van der Waals surface area contributed by atoms with Crippen molar-refractivity contribution in [3.63, 3.8) is 0 Å². The van der Waals surface area contributed by atoms with Crippen LogP contribution in [0.5, 0.6) is 5.75 Å². The lowest BCUT2D eigenvalue weighted by Crippen LogP contribution is -2.17. The van der Waals surface area contributed by atoms with Crippen LogP contribution in [0.3, 0.4) is 0 Å². The van der Waals surface area contributed by atoms with E-state index in [4.69, 9.17) is 15.0 Å². The largest absolute Gasteiger partial charge is 0.493 e. The predicted molar refractivity (Wildman–Crippen MR) is 72.3 cm³/mol. The lowest BCUT2D eigenvalue weighted by molar-refractivity contribution is 0.271. The second-order valence-corrected chi connectivity index (χ2v) is 5.58. The molecular weight excluding hydrogens is 254 g/mol. The average Bonchev–Trinajstić information content (AvgIpc) is 3.23. The van der Waals surface area contributed by atoms with E-state index in [0.717, 1.165) is 23.6 Å². The van der Waals surface area contributed by atoms with E-state index in [2.05, 4.69) is 16.2 Å². The maximum Gasteiger partial charge on any atom is 0.243 e. The zero-order valence-electron chi connectivity index (χ0n) is 11.2. The van der Waals surface area contributed by atoms with Crippen molar-refractivity contribution in [2.75, 3.05) is 6.61 Å². The number of aromatic nitrogens is 2. The van der Waals surface area contributed by atoms with Crippen molar-refractivity contribution in [3.05, 3.63) is 41.5 Å². The first-order valence-electron chi connectivity index (χ1n) is 7.14. The highest BCUT2D eigenvalue weighted by Gasteiger charge is 2.34. The van der Waals surface area contributed by atoms with Crippen molar-refractivity contribution in [1.29, 1.82) is 0 Å². The molecule has 2 atom stereocenters. The molecule has 0 bridgehead atoms. The Morgan fingerprint density at radius 3 is 2.90 bits per heavy atom. The zero-order valence-corrected chi connectivity index (χ0v) is 11.2. The smallest absolute Gasteiger partial charge is 0.243 e. The van der Waals surface area contributed by atoms with Crippen molar-refractivity contribution in [2.24, 2.45) is 11.7 Å². The maximum absolute atomic E-state index is 6.12. The molecule has 20 heavy (non-hydrogen) atoms. The number of nitrogens with two attached hydrogens (primary N) is 1. The van der Waals surface area contributed by atoms with Gasteiger partial charge in [-0.25, -0.2) is 0 Å². The molecule has 104 valence electrons. The van der Waals surface area contributed by atoms with Gasteiger partial charge in [0.25, 0.3) is 0 Å². The van der Waals surface area contributed by atoms with Gasteiger partial charge < -0.3 is 15.0 Å². The standard InChI is InChI=1S/C15H17N3O2/c16-13(9-5-6-9)15-17-14(18-20-15)11-7-8-19-12-4-2-1-3-10(11)12/h1-4,9,11,13H,5-8,16H2. The van der Waals surface area contributed by atoms with Crippen LogP contribution in [-0.2, 0) is 0 Å². The number of para-hydroxylation sites is 1. The summed E-state index contributed by atoms with van der Waals surface area (Å²) in [6.07, 6.45) is 3.20. The highest BCUT2D eigenvalue weighted by molar-refractivity contribution is 5.40. The third-order valence-corrected chi connectivity index (χ3v) is 4.14. The van der Waals surface area contributed by atoms with Crippen molar-refractivity contribution >= 4 is 0 Å². The fourth-order valence-corrected chi connectivity index (χ4v) is 2.79. The zero-order chi connectivity index (χ0) is 13.5. The van der Waals surface area contributed by atoms with E-state index < -0.39 is 0 Å². The van der Waals surface area contributed by atoms with Gasteiger partial charge in [0, 0.05) is 5.56 Å². The molecule has 2 aromatic rings. The Bertz CT molecular complexity index is 621. The first-order chi connectivity index (χ1) is 9.83. The van der Waals surface area contributed by atoms with E-state index in [0.29, 0.717) is 18.4 Å². The number of benzene rings is 1. The highest BCUT2D eigenvalue weighted by atomic mass is 16.5. The average molecular weight is 271 g/mol. The molecule has 2 heterocycles. The summed E-state index contributed by atoms with van der Waals surface area (Å²) < 4.78 is 11.0. The molecule has 0 radical (unpaired) electrons. The van der Waals surface area contributed by atoms with Crippen LogP contribution in [0.25, 0.3) is 0 Å². The molecule has 5 heteroatoms. The monoisotopic (exact) mass is 271 g/mol. The van der Waals surface area contributed by atoms with Gasteiger partial charge in [-0.05, 0) is 31.2 Å². The highest BCUT2D eigenvalue weighted by Crippen LogP contribution is 2.40. The third kappa shape index (κ3) is 1.98. The normalized spacial score (nSPS) is 22.9. The number of fused-ring (bicyclic) bond motifs is 1. The third-order valence-electron chi connectivity index (χ3n) is 4.14. The Labute approximate surface area is 117 Å². The fraction of sp³-hybridized carbons (Fsp3) is 0.467. The van der Waals surface area contributed by atoms with Crippen LogP contribution in [0.1, 0.15) is 48.5 Å². The molecule has 4 rings (SSSR count). The molecule has 1 aromatic heterocycles. The molecule has 0 amide bonds. The lowest BCUT2D eigenvalue weighted by Gasteiger charge is -2.23. The number of rotatable bonds is 3. The van der Waals surface area contributed by atoms with E-state index in [1.165, 1.54) is 12.8 Å². The Hall–Kier alpha value is -1.88. The summed E-state index contributed by atoms with van der Waals surface area (Å²) in [5.74, 6) is 2.88. The lowest BCUT2D eigenvalue weighted by atomic mass is 9.92. The molecule has 0 saturated heterocycles. The van der Waals surface area contributed by atoms with Crippen LogP contribution in [-0.4, -0.2) is 16.7 Å². The van der Waals surface area contributed by atoms with E-state index >= 15 is 0 Å². The summed E-state index contributed by atoms with van der Waals surface area (Å²) in [6.45, 7) is 0.681. The van der Waals surface area contributed by atoms with Gasteiger partial charge in [-0.3, -0.25) is 0 Å². The van der Waals surface area contributed by atoms with Crippen LogP contribution in [0, 0.1) is 5.92 Å². The van der Waals surface area contributed by atoms with Crippen LogP contribution >= 0.6 is 0 Å². The van der Waals surface area contributed by atoms with Crippen LogP contribution in [0.2, 0.25) is 0 Å². The second-order valence-electron chi connectivity index (χ2n) is 5.58. The van der Waals surface area contributed by atoms with E-state index in [9.17, 15) is 0 Å². The van der Waals surface area contributed by atoms with Gasteiger partial charge in [-0.15, -0.1) is 0 Å². The minimum Gasteiger partial charge on any atom is -0.493 e. The quantitative estimate of drug-likeness (QED) is 0.927. The Kier molecular flexibility index (Phi) is 2.73. The minimum absolute atomic E-state index is 0.105. The summed E-state index contributed by atoms with van der Waals surface area (Å²) in [7, 11) is 0. The van der Waals surface area contributed by atoms with E-state index in [1.807, 2.05) is 18.2 Å². The molecule has 0 spiro atoms. The van der Waals surface area contributed by atoms with Crippen molar-refractivity contribution in [3.8, 4) is 5.75 Å². The first kappa shape index (κ1) is 11.9. The number of nitrogens with zero attached hydrogens (tertiary/aromatic N) is 2. The number of hydrogen-bond acceptors (Lipinski definition) is 5. The van der Waals surface area contributed by atoms with Crippen LogP contribution in [0.15, 0.2) is 28.8 Å². The Balaban J connectivity index is 1.65. The van der Waals surface area contributed by atoms with Gasteiger partial charge in [0.15, 0.2) is 5.82 Å². The van der Waals surface area contributed by atoms with E-state index in [-0.39, 0.29) is 12.0 Å². The van der Waals surface area contributed by atoms with Gasteiger partial charge in [0.2, 0.25) is 5.89 Å². The Morgan fingerprint density at radius 2 is 2.05 bits per heavy atom. The molecule has 5 nitrogen and oxygen atoms in total. The summed E-state index contributed by atoms with van der Waals surface area (Å²) in [5, 5.41) is 4.15. The summed E-state index contributed by atoms with van der Waals surface area (Å²) in [5.41, 5.74) is 7.25. The second kappa shape index (κ2) is 4.59. The summed E-state index contributed by atoms with van der Waals surface area (Å²) in [4.78, 5) is 4.54. The SMILES string of the molecule is NC(c1nc(C2CCOc3ccccc32)no1)C1CC1. The van der Waals surface area contributed by atoms with Crippen LogP contribution < -0.4 is 10.5 Å². The van der Waals surface area contributed by atoms with E-state index in [1.54, 1.807) is 0 Å². The minimum atomic E-state index is -0.105. The van der Waals surface area contributed by atoms with Crippen molar-refractivity contribution in [2.45, 2.75) is 31.2 Å². The molecule has 1 aliphatic heterocycles. The summed E-state index contributed by atoms with van der Waals surface area (Å²) >= 11 is 0. The molecule has 1 aliphatic carbocycles. The van der Waals surface area contributed by atoms with Gasteiger partial charge in [-0.2, -0.15) is 4.98 Å². The first-order valence-corrected chi connectivity index (χ1v) is 7.14. The van der Waals surface area contributed by atoms with Crippen molar-refractivity contribution in [1.82, 2.24) is 10.1 Å². The van der Waals surface area contributed by atoms with Crippen molar-refractivity contribution < 1.29 is 9.26 Å². The number of hydrogen-bond donors (Lipinski definition) is 1. The predicted octanol–water partition coefficient (Wildman–Crippen LogP) is 2.39. The van der Waals surface area contributed by atoms with Gasteiger partial charge in [0.05, 0.1) is 18.6 Å². The maximum atomic E-state index is 6.12. The Morgan fingerprint density at radius 1 is 1.20 bits per heavy atom. The van der Waals surface area contributed by atoms with Gasteiger partial charge in [0.1, 0.15) is 5.75 Å². The van der Waals surface area contributed by atoms with Gasteiger partial charge in [-0.1, -0.05) is 23.4 Å². The molecule has 2 unspecified atom stereocenters. The van der Waals surface area contributed by atoms with Gasteiger partial charge >= 0.3 is 0 Å². The molecule has 1 saturated carbocycles. The molecular formula is C15H17N3O2. The molecule has 2 aliphatic rings. The molecule has 1 aromatic carbocycles. The number of ether oxygens (including phenoxy) is 1. The summed E-state index contributed by atoms with van der Waals surface area (Å²) in [6, 6.07) is 7.93. The fourth-order valence-electron chi connectivity index (χ4n) is 2.79. The molecule has 2 N–H and O–H groups in total. The van der Waals surface area contributed by atoms with Crippen LogP contribution in [0.4, 0.5) is 0 Å². The molecule has 1 fully saturated rings.